The smallest absolute Gasteiger partial charge is 0.428 e. The van der Waals surface area contributed by atoms with E-state index in [1.54, 1.807) is 0 Å². The fourth-order valence-electron chi connectivity index (χ4n) is 1.03. The summed E-state index contributed by atoms with van der Waals surface area (Å²) in [6.07, 6.45) is 1.88. The first-order valence-electron chi connectivity index (χ1n) is 4.91. The molecule has 1 N–H and O–H groups in total. The molecule has 0 heterocycles. The van der Waals surface area contributed by atoms with Crippen LogP contribution in [0.5, 0.6) is 0 Å². The van der Waals surface area contributed by atoms with Crippen molar-refractivity contribution >= 4 is 11.8 Å². The van der Waals surface area contributed by atoms with Gasteiger partial charge in [-0.3, -0.25) is 0 Å². The summed E-state index contributed by atoms with van der Waals surface area (Å²) in [5, 5.41) is 3.96. The summed E-state index contributed by atoms with van der Waals surface area (Å²) in [5.74, 6) is 0.574. The third-order valence-electron chi connectivity index (χ3n) is 1.89. The van der Waals surface area contributed by atoms with Crippen LogP contribution in [0.2, 0.25) is 0 Å². The molecule has 0 radical (unpaired) electrons. The van der Waals surface area contributed by atoms with Gasteiger partial charge in [0.25, 0.3) is 0 Å². The van der Waals surface area contributed by atoms with Crippen LogP contribution >= 0.6 is 0 Å². The van der Waals surface area contributed by atoms with Crippen LogP contribution in [0.1, 0.15) is 40.5 Å². The Balaban J connectivity index is 2.30. The molecule has 0 unspecified atom stereocenters. The van der Waals surface area contributed by atoms with Gasteiger partial charge < -0.3 is 4.74 Å². The molecule has 14 heavy (non-hydrogen) atoms. The van der Waals surface area contributed by atoms with Gasteiger partial charge in [0.1, 0.15) is 5.60 Å². The minimum absolute atomic E-state index is 0.465. The molecule has 1 fully saturated rings. The van der Waals surface area contributed by atoms with Crippen LogP contribution in [0.4, 0.5) is 4.79 Å². The molecule has 0 atom stereocenters. The van der Waals surface area contributed by atoms with Crippen molar-refractivity contribution in [1.29, 1.82) is 0 Å². The van der Waals surface area contributed by atoms with Crippen LogP contribution in [0, 0.1) is 5.92 Å². The van der Waals surface area contributed by atoms with Crippen LogP contribution in [-0.2, 0) is 4.74 Å². The summed E-state index contributed by atoms with van der Waals surface area (Å²) in [6.45, 7) is 7.40. The zero-order valence-electron chi connectivity index (χ0n) is 9.26. The predicted molar refractivity (Wildman–Crippen MR) is 55.2 cm³/mol. The normalized spacial score (nSPS) is 17.9. The van der Waals surface area contributed by atoms with Gasteiger partial charge >= 0.3 is 6.09 Å². The molecule has 0 bridgehead atoms. The summed E-state index contributed by atoms with van der Waals surface area (Å²) in [6, 6.07) is 0. The van der Waals surface area contributed by atoms with E-state index in [1.165, 1.54) is 12.8 Å². The van der Waals surface area contributed by atoms with Crippen LogP contribution in [-0.4, -0.2) is 17.4 Å². The lowest BCUT2D eigenvalue weighted by Gasteiger charge is -2.18. The van der Waals surface area contributed by atoms with Gasteiger partial charge in [0.15, 0.2) is 0 Å². The number of hydrogen-bond donors (Lipinski definition) is 1. The van der Waals surface area contributed by atoms with Crippen molar-refractivity contribution in [2.45, 2.75) is 46.1 Å². The second kappa shape index (κ2) is 3.98. The van der Waals surface area contributed by atoms with Crippen molar-refractivity contribution in [2.75, 3.05) is 0 Å². The van der Waals surface area contributed by atoms with Gasteiger partial charge in [0, 0.05) is 5.71 Å². The third kappa shape index (κ3) is 4.25. The van der Waals surface area contributed by atoms with E-state index in [0.29, 0.717) is 5.92 Å². The number of ether oxygens (including phenoxy) is 1. The third-order valence-corrected chi connectivity index (χ3v) is 1.89. The van der Waals surface area contributed by atoms with E-state index in [4.69, 9.17) is 4.74 Å². The quantitative estimate of drug-likeness (QED) is 0.546. The van der Waals surface area contributed by atoms with Crippen molar-refractivity contribution in [3.05, 3.63) is 0 Å². The predicted octanol–water partition coefficient (Wildman–Crippen LogP) is 2.30. The van der Waals surface area contributed by atoms with Gasteiger partial charge in [0.05, 0.1) is 0 Å². The maximum Gasteiger partial charge on any atom is 0.428 e. The lowest BCUT2D eigenvalue weighted by Crippen LogP contribution is -2.30. The lowest BCUT2D eigenvalue weighted by atomic mass is 10.2. The Morgan fingerprint density at radius 1 is 1.43 bits per heavy atom. The largest absolute Gasteiger partial charge is 0.443 e. The number of hydrogen-bond acceptors (Lipinski definition) is 3. The highest BCUT2D eigenvalue weighted by Gasteiger charge is 2.24. The van der Waals surface area contributed by atoms with Crippen molar-refractivity contribution in [3.63, 3.8) is 0 Å². The molecule has 0 aromatic rings. The van der Waals surface area contributed by atoms with Crippen LogP contribution in [0.25, 0.3) is 0 Å². The Kier molecular flexibility index (Phi) is 3.13. The molecule has 0 spiro atoms. The highest BCUT2D eigenvalue weighted by Crippen LogP contribution is 2.30. The Morgan fingerprint density at radius 3 is 2.43 bits per heavy atom. The molecule has 0 aromatic carbocycles. The Labute approximate surface area is 84.7 Å². The molecular weight excluding hydrogens is 180 g/mol. The summed E-state index contributed by atoms with van der Waals surface area (Å²) in [4.78, 5) is 11.2. The molecule has 1 rings (SSSR count). The van der Waals surface area contributed by atoms with Crippen LogP contribution in [0.3, 0.4) is 0 Å². The maximum atomic E-state index is 11.2. The molecule has 0 aliphatic heterocycles. The lowest BCUT2D eigenvalue weighted by molar-refractivity contribution is 0.0529. The van der Waals surface area contributed by atoms with Crippen molar-refractivity contribution < 1.29 is 9.53 Å². The van der Waals surface area contributed by atoms with Crippen LogP contribution in [0.15, 0.2) is 5.10 Å². The summed E-state index contributed by atoms with van der Waals surface area (Å²) in [5.41, 5.74) is 2.90. The number of nitrogens with zero attached hydrogens (tertiary/aromatic N) is 1. The number of rotatable bonds is 2. The topological polar surface area (TPSA) is 50.7 Å². The average Bonchev–Trinajstić information content (AvgIpc) is 2.78. The zero-order valence-corrected chi connectivity index (χ0v) is 9.26. The fourth-order valence-corrected chi connectivity index (χ4v) is 1.03. The van der Waals surface area contributed by atoms with Gasteiger partial charge in [-0.25, -0.2) is 10.2 Å². The van der Waals surface area contributed by atoms with E-state index in [1.807, 2.05) is 27.7 Å². The Morgan fingerprint density at radius 2 is 2.00 bits per heavy atom. The zero-order chi connectivity index (χ0) is 10.8. The highest BCUT2D eigenvalue weighted by molar-refractivity contribution is 5.87. The minimum Gasteiger partial charge on any atom is -0.443 e. The van der Waals surface area contributed by atoms with Gasteiger partial charge in [-0.1, -0.05) is 0 Å². The van der Waals surface area contributed by atoms with Crippen molar-refractivity contribution in [2.24, 2.45) is 11.0 Å². The first-order valence-corrected chi connectivity index (χ1v) is 4.91. The molecule has 1 aliphatic rings. The highest BCUT2D eigenvalue weighted by atomic mass is 16.6. The maximum absolute atomic E-state index is 11.2. The molecule has 0 saturated heterocycles. The van der Waals surface area contributed by atoms with Gasteiger partial charge in [-0.15, -0.1) is 0 Å². The number of carbonyl (C=O) groups excluding carboxylic acids is 1. The van der Waals surface area contributed by atoms with E-state index >= 15 is 0 Å². The summed E-state index contributed by atoms with van der Waals surface area (Å²) >= 11 is 0. The summed E-state index contributed by atoms with van der Waals surface area (Å²) < 4.78 is 5.03. The van der Waals surface area contributed by atoms with E-state index in [0.717, 1.165) is 5.71 Å². The molecule has 4 heteroatoms. The first kappa shape index (κ1) is 11.0. The molecule has 4 nitrogen and oxygen atoms in total. The Hall–Kier alpha value is -1.06. The number of amides is 1. The fraction of sp³-hybridized carbons (Fsp3) is 0.800. The summed E-state index contributed by atoms with van der Waals surface area (Å²) in [7, 11) is 0. The second-order valence-electron chi connectivity index (χ2n) is 4.64. The molecule has 1 amide bonds. The first-order chi connectivity index (χ1) is 6.38. The molecular formula is C10H18N2O2. The minimum atomic E-state index is -0.488. The van der Waals surface area contributed by atoms with Crippen LogP contribution < -0.4 is 5.43 Å². The van der Waals surface area contributed by atoms with E-state index < -0.39 is 11.7 Å². The van der Waals surface area contributed by atoms with E-state index in [9.17, 15) is 4.79 Å². The number of carbonyl (C=O) groups is 1. The molecule has 80 valence electrons. The van der Waals surface area contributed by atoms with E-state index in [2.05, 4.69) is 10.5 Å². The van der Waals surface area contributed by atoms with Crippen molar-refractivity contribution in [3.8, 4) is 0 Å². The standard InChI is InChI=1S/C10H18N2O2/c1-7(8-5-6-8)11-12-9(13)14-10(2,3)4/h8H,5-6H2,1-4H3,(H,12,13)/b11-7+. The Bertz CT molecular complexity index is 249. The molecule has 0 aromatic heterocycles. The SMILES string of the molecule is C/C(=N\NC(=O)OC(C)(C)C)C1CC1. The van der Waals surface area contributed by atoms with Gasteiger partial charge in [-0.05, 0) is 46.5 Å². The van der Waals surface area contributed by atoms with Gasteiger partial charge in [0.2, 0.25) is 0 Å². The van der Waals surface area contributed by atoms with Gasteiger partial charge in [-0.2, -0.15) is 5.10 Å². The second-order valence-corrected chi connectivity index (χ2v) is 4.64. The average molecular weight is 198 g/mol. The van der Waals surface area contributed by atoms with E-state index in [-0.39, 0.29) is 0 Å². The molecule has 1 saturated carbocycles. The monoisotopic (exact) mass is 198 g/mol. The number of nitrogens with one attached hydrogen (secondary N) is 1. The van der Waals surface area contributed by atoms with Crippen molar-refractivity contribution in [1.82, 2.24) is 5.43 Å². The molecule has 1 aliphatic carbocycles. The number of hydrazone groups is 1.